The maximum absolute atomic E-state index is 12.5. The molecule has 3 rings (SSSR count). The molecule has 0 atom stereocenters. The Morgan fingerprint density at radius 3 is 2.34 bits per heavy atom. The molecule has 0 aliphatic carbocycles. The van der Waals surface area contributed by atoms with Crippen LogP contribution >= 0.6 is 0 Å². The minimum Gasteiger partial charge on any atom is -0.490 e. The lowest BCUT2D eigenvalue weighted by Crippen LogP contribution is -2.15. The number of benzene rings is 3. The molecule has 0 bridgehead atoms. The maximum atomic E-state index is 12.5. The molecule has 0 radical (unpaired) electrons. The summed E-state index contributed by atoms with van der Waals surface area (Å²) in [5, 5.41) is 2.77. The van der Waals surface area contributed by atoms with Gasteiger partial charge < -0.3 is 10.1 Å². The van der Waals surface area contributed by atoms with E-state index in [1.54, 1.807) is 66.7 Å². The summed E-state index contributed by atoms with van der Waals surface area (Å²) < 4.78 is 32.8. The number of anilines is 2. The Balaban J connectivity index is 1.70. The minimum absolute atomic E-state index is 0.147. The molecule has 29 heavy (non-hydrogen) atoms. The average Bonchev–Trinajstić information content (AvgIpc) is 2.74. The molecule has 0 aliphatic rings. The van der Waals surface area contributed by atoms with E-state index in [9.17, 15) is 13.2 Å². The molecule has 0 aromatic heterocycles. The molecule has 3 aromatic carbocycles. The lowest BCUT2D eigenvalue weighted by atomic mass is 10.2. The summed E-state index contributed by atoms with van der Waals surface area (Å²) in [5.41, 5.74) is 1.22. The molecule has 0 saturated carbocycles. The number of sulfonamides is 1. The molecule has 6 nitrogen and oxygen atoms in total. The second kappa shape index (κ2) is 9.07. The molecule has 0 saturated heterocycles. The highest BCUT2D eigenvalue weighted by Crippen LogP contribution is 2.19. The van der Waals surface area contributed by atoms with Crippen molar-refractivity contribution < 1.29 is 17.9 Å². The van der Waals surface area contributed by atoms with Gasteiger partial charge in [-0.3, -0.25) is 9.52 Å². The highest BCUT2D eigenvalue weighted by Gasteiger charge is 2.14. The summed E-state index contributed by atoms with van der Waals surface area (Å²) in [6, 6.07) is 21.2. The first-order valence-electron chi connectivity index (χ1n) is 8.81. The number of rotatable bonds is 8. The Bertz CT molecular complexity index is 1100. The predicted molar refractivity (Wildman–Crippen MR) is 114 cm³/mol. The second-order valence-corrected chi connectivity index (χ2v) is 7.76. The van der Waals surface area contributed by atoms with Gasteiger partial charge in [0.05, 0.1) is 4.90 Å². The quantitative estimate of drug-likeness (QED) is 0.544. The van der Waals surface area contributed by atoms with Gasteiger partial charge >= 0.3 is 0 Å². The van der Waals surface area contributed by atoms with Gasteiger partial charge in [-0.05, 0) is 54.6 Å². The van der Waals surface area contributed by atoms with Crippen LogP contribution in [0, 0.1) is 0 Å². The van der Waals surface area contributed by atoms with Crippen LogP contribution in [-0.2, 0) is 10.0 Å². The van der Waals surface area contributed by atoms with Crippen LogP contribution in [-0.4, -0.2) is 20.9 Å². The zero-order valence-corrected chi connectivity index (χ0v) is 16.4. The van der Waals surface area contributed by atoms with E-state index in [0.717, 1.165) is 0 Å². The third-order valence-corrected chi connectivity index (χ3v) is 5.31. The van der Waals surface area contributed by atoms with E-state index in [1.807, 2.05) is 0 Å². The lowest BCUT2D eigenvalue weighted by molar-refractivity contribution is 0.102. The summed E-state index contributed by atoms with van der Waals surface area (Å²) in [7, 11) is -3.73. The molecular formula is C22H20N2O4S. The summed E-state index contributed by atoms with van der Waals surface area (Å²) in [6.45, 7) is 3.99. The first-order chi connectivity index (χ1) is 14.0. The zero-order chi connectivity index (χ0) is 20.7. The van der Waals surface area contributed by atoms with Crippen molar-refractivity contribution in [2.24, 2.45) is 0 Å². The maximum Gasteiger partial charge on any atom is 0.261 e. The van der Waals surface area contributed by atoms with E-state index in [1.165, 1.54) is 18.2 Å². The van der Waals surface area contributed by atoms with Gasteiger partial charge in [0.1, 0.15) is 12.4 Å². The first kappa shape index (κ1) is 20.2. The first-order valence-corrected chi connectivity index (χ1v) is 10.3. The molecule has 0 heterocycles. The van der Waals surface area contributed by atoms with Crippen molar-refractivity contribution in [3.63, 3.8) is 0 Å². The van der Waals surface area contributed by atoms with Crippen molar-refractivity contribution in [1.82, 2.24) is 0 Å². The zero-order valence-electron chi connectivity index (χ0n) is 15.5. The number of carbonyl (C=O) groups excluding carboxylic acids is 1. The molecule has 3 aromatic rings. The summed E-state index contributed by atoms with van der Waals surface area (Å²) in [6.07, 6.45) is 1.65. The van der Waals surface area contributed by atoms with Gasteiger partial charge in [0.15, 0.2) is 0 Å². The molecule has 0 fully saturated rings. The van der Waals surface area contributed by atoms with Gasteiger partial charge in [-0.2, -0.15) is 0 Å². The van der Waals surface area contributed by atoms with Crippen LogP contribution < -0.4 is 14.8 Å². The molecule has 1 amide bonds. The van der Waals surface area contributed by atoms with Gasteiger partial charge in [0.2, 0.25) is 0 Å². The third-order valence-electron chi connectivity index (χ3n) is 3.91. The minimum atomic E-state index is -3.73. The summed E-state index contributed by atoms with van der Waals surface area (Å²) >= 11 is 0. The van der Waals surface area contributed by atoms with Gasteiger partial charge in [-0.15, -0.1) is 0 Å². The monoisotopic (exact) mass is 408 g/mol. The average molecular weight is 408 g/mol. The molecule has 2 N–H and O–H groups in total. The molecule has 148 valence electrons. The predicted octanol–water partition coefficient (Wildman–Crippen LogP) is 4.30. The highest BCUT2D eigenvalue weighted by molar-refractivity contribution is 7.92. The fourth-order valence-corrected chi connectivity index (χ4v) is 3.60. The van der Waals surface area contributed by atoms with E-state index in [0.29, 0.717) is 29.3 Å². The number of hydrogen-bond acceptors (Lipinski definition) is 4. The van der Waals surface area contributed by atoms with Gasteiger partial charge in [0.25, 0.3) is 15.9 Å². The van der Waals surface area contributed by atoms with E-state index in [4.69, 9.17) is 4.74 Å². The number of nitrogens with one attached hydrogen (secondary N) is 2. The fourth-order valence-electron chi connectivity index (χ4n) is 2.53. The van der Waals surface area contributed by atoms with E-state index < -0.39 is 10.0 Å². The van der Waals surface area contributed by atoms with Crippen molar-refractivity contribution >= 4 is 27.3 Å². The number of amides is 1. The lowest BCUT2D eigenvalue weighted by Gasteiger charge is -2.10. The van der Waals surface area contributed by atoms with Gasteiger partial charge in [-0.1, -0.05) is 36.9 Å². The Hall–Kier alpha value is -3.58. The fraction of sp³-hybridized carbons (Fsp3) is 0.0455. The largest absolute Gasteiger partial charge is 0.490 e. The SMILES string of the molecule is C=CCOc1ccc(NC(=O)c2cccc(NS(=O)(=O)c3ccccc3)c2)cc1. The summed E-state index contributed by atoms with van der Waals surface area (Å²) in [4.78, 5) is 12.7. The van der Waals surface area contributed by atoms with E-state index in [-0.39, 0.29) is 10.8 Å². The Morgan fingerprint density at radius 2 is 1.66 bits per heavy atom. The molecule has 7 heteroatoms. The van der Waals surface area contributed by atoms with Crippen molar-refractivity contribution in [1.29, 1.82) is 0 Å². The van der Waals surface area contributed by atoms with Crippen LogP contribution in [0.4, 0.5) is 11.4 Å². The number of ether oxygens (including phenoxy) is 1. The molecule has 0 aliphatic heterocycles. The van der Waals surface area contributed by atoms with Crippen molar-refractivity contribution in [3.05, 3.63) is 97.1 Å². The van der Waals surface area contributed by atoms with Gasteiger partial charge in [0, 0.05) is 16.9 Å². The number of carbonyl (C=O) groups is 1. The van der Waals surface area contributed by atoms with E-state index >= 15 is 0 Å². The molecule has 0 spiro atoms. The van der Waals surface area contributed by atoms with Crippen molar-refractivity contribution in [2.45, 2.75) is 4.90 Å². The van der Waals surface area contributed by atoms with Crippen molar-refractivity contribution in [2.75, 3.05) is 16.6 Å². The normalized spacial score (nSPS) is 10.8. The summed E-state index contributed by atoms with van der Waals surface area (Å²) in [5.74, 6) is 0.311. The molecular weight excluding hydrogens is 388 g/mol. The third kappa shape index (κ3) is 5.46. The Morgan fingerprint density at radius 1 is 0.931 bits per heavy atom. The van der Waals surface area contributed by atoms with E-state index in [2.05, 4.69) is 16.6 Å². The van der Waals surface area contributed by atoms with Crippen LogP contribution in [0.15, 0.2) is 96.4 Å². The topological polar surface area (TPSA) is 84.5 Å². The van der Waals surface area contributed by atoms with Crippen LogP contribution in [0.2, 0.25) is 0 Å². The standard InChI is InChI=1S/C22H20N2O4S/c1-2-15-28-20-13-11-18(12-14-20)23-22(25)17-7-6-8-19(16-17)24-29(26,27)21-9-4-3-5-10-21/h2-14,16,24H,1,15H2,(H,23,25). The van der Waals surface area contributed by atoms with Crippen LogP contribution in [0.3, 0.4) is 0 Å². The highest BCUT2D eigenvalue weighted by atomic mass is 32.2. The Labute approximate surface area is 169 Å². The van der Waals surface area contributed by atoms with Gasteiger partial charge in [-0.25, -0.2) is 8.42 Å². The second-order valence-electron chi connectivity index (χ2n) is 6.08. The van der Waals surface area contributed by atoms with Crippen LogP contribution in [0.5, 0.6) is 5.75 Å². The van der Waals surface area contributed by atoms with Crippen molar-refractivity contribution in [3.8, 4) is 5.75 Å². The smallest absolute Gasteiger partial charge is 0.261 e. The van der Waals surface area contributed by atoms with Crippen LogP contribution in [0.1, 0.15) is 10.4 Å². The Kier molecular flexibility index (Phi) is 6.31. The molecule has 0 unspecified atom stereocenters. The number of hydrogen-bond donors (Lipinski definition) is 2. The van der Waals surface area contributed by atoms with Crippen LogP contribution in [0.25, 0.3) is 0 Å².